The summed E-state index contributed by atoms with van der Waals surface area (Å²) in [6.07, 6.45) is 3.92. The molecule has 0 saturated carbocycles. The van der Waals surface area contributed by atoms with Crippen LogP contribution in [-0.4, -0.2) is 24.5 Å². The van der Waals surface area contributed by atoms with E-state index in [-0.39, 0.29) is 0 Å². The van der Waals surface area contributed by atoms with E-state index in [2.05, 4.69) is 20.9 Å². The molecule has 0 aromatic carbocycles. The zero-order chi connectivity index (χ0) is 10.4. The van der Waals surface area contributed by atoms with E-state index >= 15 is 0 Å². The molecule has 0 N–H and O–H groups in total. The van der Waals surface area contributed by atoms with Gasteiger partial charge < -0.3 is 9.47 Å². The standard InChI is InChI=1S/C10H12BrNO2/c1-13-9-6-5-8(4-3-7-11)10(12-9)14-2/h3-6H,7H2,1-2H3. The number of rotatable bonds is 4. The molecular weight excluding hydrogens is 246 g/mol. The van der Waals surface area contributed by atoms with Crippen molar-refractivity contribution in [2.75, 3.05) is 19.5 Å². The van der Waals surface area contributed by atoms with Crippen molar-refractivity contribution >= 4 is 22.0 Å². The lowest BCUT2D eigenvalue weighted by molar-refractivity contribution is 0.364. The van der Waals surface area contributed by atoms with Crippen molar-refractivity contribution in [3.05, 3.63) is 23.8 Å². The first-order chi connectivity index (χ1) is 6.81. The Balaban J connectivity index is 2.99. The van der Waals surface area contributed by atoms with E-state index in [1.807, 2.05) is 18.2 Å². The highest BCUT2D eigenvalue weighted by Crippen LogP contribution is 2.20. The second kappa shape index (κ2) is 5.65. The highest BCUT2D eigenvalue weighted by Gasteiger charge is 2.02. The minimum absolute atomic E-state index is 0.554. The molecule has 0 aliphatic carbocycles. The lowest BCUT2D eigenvalue weighted by atomic mass is 10.2. The van der Waals surface area contributed by atoms with Gasteiger partial charge in [-0.25, -0.2) is 0 Å². The number of nitrogens with zero attached hydrogens (tertiary/aromatic N) is 1. The van der Waals surface area contributed by atoms with Gasteiger partial charge in [0.1, 0.15) is 0 Å². The first-order valence-electron chi connectivity index (χ1n) is 4.13. The van der Waals surface area contributed by atoms with Crippen molar-refractivity contribution in [2.45, 2.75) is 0 Å². The zero-order valence-corrected chi connectivity index (χ0v) is 9.74. The normalized spacial score (nSPS) is 10.5. The van der Waals surface area contributed by atoms with E-state index in [4.69, 9.17) is 9.47 Å². The number of alkyl halides is 1. The summed E-state index contributed by atoms with van der Waals surface area (Å²) in [5.74, 6) is 1.12. The quantitative estimate of drug-likeness (QED) is 0.777. The third kappa shape index (κ3) is 2.73. The SMILES string of the molecule is COc1ccc(C=CCBr)c(OC)n1. The van der Waals surface area contributed by atoms with Gasteiger partial charge in [-0.2, -0.15) is 4.98 Å². The lowest BCUT2D eigenvalue weighted by Gasteiger charge is -2.05. The van der Waals surface area contributed by atoms with Crippen LogP contribution in [0.15, 0.2) is 18.2 Å². The molecular formula is C10H12BrNO2. The van der Waals surface area contributed by atoms with Crippen molar-refractivity contribution in [3.8, 4) is 11.8 Å². The van der Waals surface area contributed by atoms with Crippen molar-refractivity contribution in [2.24, 2.45) is 0 Å². The lowest BCUT2D eigenvalue weighted by Crippen LogP contribution is -1.94. The van der Waals surface area contributed by atoms with Crippen LogP contribution >= 0.6 is 15.9 Å². The summed E-state index contributed by atoms with van der Waals surface area (Å²) in [4.78, 5) is 4.15. The number of hydrogen-bond acceptors (Lipinski definition) is 3. The third-order valence-corrected chi connectivity index (χ3v) is 2.03. The summed E-state index contributed by atoms with van der Waals surface area (Å²) >= 11 is 3.31. The summed E-state index contributed by atoms with van der Waals surface area (Å²) in [5, 5.41) is 0.808. The maximum Gasteiger partial charge on any atom is 0.223 e. The van der Waals surface area contributed by atoms with Crippen molar-refractivity contribution in [3.63, 3.8) is 0 Å². The predicted octanol–water partition coefficient (Wildman–Crippen LogP) is 2.51. The molecule has 0 saturated heterocycles. The molecule has 14 heavy (non-hydrogen) atoms. The molecule has 0 atom stereocenters. The number of pyridine rings is 1. The first kappa shape index (κ1) is 11.0. The topological polar surface area (TPSA) is 31.4 Å². The van der Waals surface area contributed by atoms with Crippen LogP contribution in [0.2, 0.25) is 0 Å². The van der Waals surface area contributed by atoms with Gasteiger partial charge in [0.15, 0.2) is 0 Å². The minimum atomic E-state index is 0.554. The van der Waals surface area contributed by atoms with E-state index in [9.17, 15) is 0 Å². The summed E-state index contributed by atoms with van der Waals surface area (Å²) in [6, 6.07) is 3.71. The molecule has 3 nitrogen and oxygen atoms in total. The molecule has 0 amide bonds. The van der Waals surface area contributed by atoms with Gasteiger partial charge in [-0.3, -0.25) is 0 Å². The second-order valence-electron chi connectivity index (χ2n) is 2.51. The predicted molar refractivity (Wildman–Crippen MR) is 60.2 cm³/mol. The van der Waals surface area contributed by atoms with Gasteiger partial charge >= 0.3 is 0 Å². The van der Waals surface area contributed by atoms with Gasteiger partial charge in [-0.15, -0.1) is 0 Å². The summed E-state index contributed by atoms with van der Waals surface area (Å²) in [6.45, 7) is 0. The van der Waals surface area contributed by atoms with E-state index in [1.54, 1.807) is 20.3 Å². The number of aromatic nitrogens is 1. The Bertz CT molecular complexity index is 326. The van der Waals surface area contributed by atoms with Crippen molar-refractivity contribution in [1.82, 2.24) is 4.98 Å². The largest absolute Gasteiger partial charge is 0.481 e. The van der Waals surface area contributed by atoms with Gasteiger partial charge in [-0.1, -0.05) is 28.1 Å². The molecule has 4 heteroatoms. The molecule has 76 valence electrons. The molecule has 0 radical (unpaired) electrons. The highest BCUT2D eigenvalue weighted by atomic mass is 79.9. The van der Waals surface area contributed by atoms with Gasteiger partial charge in [0.2, 0.25) is 11.8 Å². The average Bonchev–Trinajstić information content (AvgIpc) is 2.26. The Morgan fingerprint density at radius 1 is 1.36 bits per heavy atom. The van der Waals surface area contributed by atoms with Gasteiger partial charge in [0, 0.05) is 17.0 Å². The Labute approximate surface area is 91.9 Å². The molecule has 0 spiro atoms. The highest BCUT2D eigenvalue weighted by molar-refractivity contribution is 9.09. The zero-order valence-electron chi connectivity index (χ0n) is 8.16. The van der Waals surface area contributed by atoms with E-state index in [1.165, 1.54) is 0 Å². The summed E-state index contributed by atoms with van der Waals surface area (Å²) in [5.41, 5.74) is 0.938. The number of allylic oxidation sites excluding steroid dienone is 1. The number of hydrogen-bond donors (Lipinski definition) is 0. The van der Waals surface area contributed by atoms with Crippen LogP contribution in [0.25, 0.3) is 6.08 Å². The monoisotopic (exact) mass is 257 g/mol. The summed E-state index contributed by atoms with van der Waals surface area (Å²) in [7, 11) is 3.17. The fourth-order valence-corrected chi connectivity index (χ4v) is 1.20. The Kier molecular flexibility index (Phi) is 4.46. The Hall–Kier alpha value is -1.03. The van der Waals surface area contributed by atoms with Crippen LogP contribution in [0.3, 0.4) is 0 Å². The van der Waals surface area contributed by atoms with Crippen LogP contribution in [0.5, 0.6) is 11.8 Å². The molecule has 0 aliphatic heterocycles. The number of halogens is 1. The average molecular weight is 258 g/mol. The van der Waals surface area contributed by atoms with Gasteiger partial charge in [0.25, 0.3) is 0 Å². The smallest absolute Gasteiger partial charge is 0.223 e. The maximum atomic E-state index is 5.13. The third-order valence-electron chi connectivity index (χ3n) is 1.65. The number of methoxy groups -OCH3 is 2. The van der Waals surface area contributed by atoms with Crippen LogP contribution in [-0.2, 0) is 0 Å². The summed E-state index contributed by atoms with van der Waals surface area (Å²) < 4.78 is 10.1. The van der Waals surface area contributed by atoms with Crippen molar-refractivity contribution in [1.29, 1.82) is 0 Å². The molecule has 1 heterocycles. The molecule has 1 rings (SSSR count). The molecule has 1 aromatic rings. The van der Waals surface area contributed by atoms with Crippen LogP contribution < -0.4 is 9.47 Å². The van der Waals surface area contributed by atoms with E-state index < -0.39 is 0 Å². The molecule has 0 bridgehead atoms. The van der Waals surface area contributed by atoms with E-state index in [0.29, 0.717) is 11.8 Å². The Morgan fingerprint density at radius 2 is 2.14 bits per heavy atom. The molecule has 0 aliphatic rings. The molecule has 1 aromatic heterocycles. The van der Waals surface area contributed by atoms with E-state index in [0.717, 1.165) is 10.9 Å². The molecule has 0 fully saturated rings. The fourth-order valence-electron chi connectivity index (χ4n) is 1.01. The fraction of sp³-hybridized carbons (Fsp3) is 0.300. The molecule has 0 unspecified atom stereocenters. The second-order valence-corrected chi connectivity index (χ2v) is 3.16. The van der Waals surface area contributed by atoms with Crippen LogP contribution in [0.4, 0.5) is 0 Å². The van der Waals surface area contributed by atoms with Crippen molar-refractivity contribution < 1.29 is 9.47 Å². The Morgan fingerprint density at radius 3 is 2.71 bits per heavy atom. The minimum Gasteiger partial charge on any atom is -0.481 e. The van der Waals surface area contributed by atoms with Gasteiger partial charge in [0.05, 0.1) is 14.2 Å². The maximum absolute atomic E-state index is 5.13. The van der Waals surface area contributed by atoms with Crippen LogP contribution in [0, 0.1) is 0 Å². The first-order valence-corrected chi connectivity index (χ1v) is 5.25. The van der Waals surface area contributed by atoms with Crippen LogP contribution in [0.1, 0.15) is 5.56 Å². The number of ether oxygens (including phenoxy) is 2. The van der Waals surface area contributed by atoms with Gasteiger partial charge in [-0.05, 0) is 6.07 Å².